The van der Waals surface area contributed by atoms with Gasteiger partial charge in [0.25, 0.3) is 0 Å². The van der Waals surface area contributed by atoms with Crippen molar-refractivity contribution in [1.82, 2.24) is 0 Å². The molecular weight excluding hydrogens is 494 g/mol. The number of hydrogen-bond acceptors (Lipinski definition) is 2. The van der Waals surface area contributed by atoms with Crippen LogP contribution in [0, 0.1) is 58.6 Å². The van der Waals surface area contributed by atoms with Gasteiger partial charge in [-0.25, -0.2) is 17.6 Å². The topological polar surface area (TPSA) is 23.8 Å². The molecule has 0 heterocycles. The third-order valence-electron chi connectivity index (χ3n) is 6.95. The van der Waals surface area contributed by atoms with Crippen molar-refractivity contribution < 1.29 is 17.6 Å². The molecule has 0 bridgehead atoms. The number of aryl methyl sites for hydroxylation is 1. The van der Waals surface area contributed by atoms with Gasteiger partial charge in [-0.3, -0.25) is 0 Å². The summed E-state index contributed by atoms with van der Waals surface area (Å²) in [7, 11) is 0. The number of hydrogen-bond donors (Lipinski definition) is 0. The van der Waals surface area contributed by atoms with Crippen molar-refractivity contribution in [3.05, 3.63) is 87.5 Å². The SMILES string of the molecule is CCCCCC1CCc2c(cc(F)c(C#Cc3ccc(-c4cc(F)c(SC#N)c(F)c4)c(C)c3)c2F)C1. The van der Waals surface area contributed by atoms with Crippen molar-refractivity contribution in [3.63, 3.8) is 0 Å². The molecule has 0 aliphatic heterocycles. The number of fused-ring (bicyclic) bond motifs is 1. The van der Waals surface area contributed by atoms with Crippen LogP contribution < -0.4 is 0 Å². The van der Waals surface area contributed by atoms with E-state index in [1.807, 2.05) is 0 Å². The van der Waals surface area contributed by atoms with E-state index < -0.39 is 23.3 Å². The molecule has 1 aliphatic rings. The smallest absolute Gasteiger partial charge is 0.145 e. The summed E-state index contributed by atoms with van der Waals surface area (Å²) in [5.74, 6) is 3.16. The summed E-state index contributed by atoms with van der Waals surface area (Å²) in [5, 5.41) is 10.4. The third kappa shape index (κ3) is 6.03. The summed E-state index contributed by atoms with van der Waals surface area (Å²) < 4.78 is 58.7. The third-order valence-corrected chi connectivity index (χ3v) is 7.64. The maximum Gasteiger partial charge on any atom is 0.145 e. The first-order chi connectivity index (χ1) is 17.8. The van der Waals surface area contributed by atoms with Crippen LogP contribution in [-0.2, 0) is 12.8 Å². The zero-order valence-electron chi connectivity index (χ0n) is 20.9. The summed E-state index contributed by atoms with van der Waals surface area (Å²) in [6.45, 7) is 3.93. The molecule has 0 spiro atoms. The zero-order valence-corrected chi connectivity index (χ0v) is 21.7. The molecule has 0 fully saturated rings. The number of halogens is 4. The van der Waals surface area contributed by atoms with Crippen molar-refractivity contribution >= 4 is 11.8 Å². The fourth-order valence-corrected chi connectivity index (χ4v) is 5.43. The largest absolute Gasteiger partial charge is 0.206 e. The Morgan fingerprint density at radius 1 is 0.973 bits per heavy atom. The highest BCUT2D eigenvalue weighted by atomic mass is 32.2. The molecule has 3 aromatic carbocycles. The van der Waals surface area contributed by atoms with E-state index in [1.54, 1.807) is 30.5 Å². The summed E-state index contributed by atoms with van der Waals surface area (Å²) >= 11 is 0.434. The van der Waals surface area contributed by atoms with Crippen LogP contribution in [0.25, 0.3) is 11.1 Å². The molecule has 0 aromatic heterocycles. The van der Waals surface area contributed by atoms with E-state index in [2.05, 4.69) is 18.8 Å². The first-order valence-electron chi connectivity index (χ1n) is 12.5. The molecule has 1 aliphatic carbocycles. The minimum Gasteiger partial charge on any atom is -0.206 e. The second-order valence-electron chi connectivity index (χ2n) is 9.53. The molecule has 1 unspecified atom stereocenters. The van der Waals surface area contributed by atoms with Gasteiger partial charge in [0.15, 0.2) is 0 Å². The maximum absolute atomic E-state index is 15.2. The number of thiocyanates is 1. The molecule has 1 nitrogen and oxygen atoms in total. The van der Waals surface area contributed by atoms with Crippen LogP contribution in [0.4, 0.5) is 17.6 Å². The fraction of sp³-hybridized carbons (Fsp3) is 0.323. The van der Waals surface area contributed by atoms with Gasteiger partial charge in [-0.05, 0) is 102 Å². The molecule has 3 aromatic rings. The summed E-state index contributed by atoms with van der Waals surface area (Å²) in [4.78, 5) is -0.340. The predicted molar refractivity (Wildman–Crippen MR) is 140 cm³/mol. The van der Waals surface area contributed by atoms with E-state index >= 15 is 4.39 Å². The Labute approximate surface area is 219 Å². The van der Waals surface area contributed by atoms with Gasteiger partial charge in [0.05, 0.1) is 10.5 Å². The van der Waals surface area contributed by atoms with Crippen molar-refractivity contribution in [2.75, 3.05) is 0 Å². The van der Waals surface area contributed by atoms with Gasteiger partial charge in [-0.15, -0.1) is 0 Å². The Morgan fingerprint density at radius 2 is 1.73 bits per heavy atom. The van der Waals surface area contributed by atoms with Crippen molar-refractivity contribution in [2.24, 2.45) is 5.92 Å². The normalized spacial score (nSPS) is 14.5. The van der Waals surface area contributed by atoms with Gasteiger partial charge in [0, 0.05) is 5.56 Å². The molecule has 0 radical (unpaired) electrons. The van der Waals surface area contributed by atoms with Crippen LogP contribution in [0.2, 0.25) is 0 Å². The fourth-order valence-electron chi connectivity index (χ4n) is 5.03. The van der Waals surface area contributed by atoms with Crippen LogP contribution in [0.5, 0.6) is 0 Å². The molecule has 37 heavy (non-hydrogen) atoms. The number of nitriles is 1. The van der Waals surface area contributed by atoms with Gasteiger partial charge in [0.2, 0.25) is 0 Å². The van der Waals surface area contributed by atoms with Crippen LogP contribution in [0.15, 0.2) is 41.3 Å². The number of unbranched alkanes of at least 4 members (excludes halogenated alkanes) is 2. The first kappa shape index (κ1) is 26.8. The summed E-state index contributed by atoms with van der Waals surface area (Å²) in [5.41, 5.74) is 3.27. The molecule has 0 saturated carbocycles. The van der Waals surface area contributed by atoms with Crippen LogP contribution in [0.3, 0.4) is 0 Å². The van der Waals surface area contributed by atoms with Gasteiger partial charge in [0.1, 0.15) is 28.7 Å². The van der Waals surface area contributed by atoms with Crippen LogP contribution in [0.1, 0.15) is 66.8 Å². The van der Waals surface area contributed by atoms with Gasteiger partial charge in [-0.1, -0.05) is 50.5 Å². The van der Waals surface area contributed by atoms with Crippen molar-refractivity contribution in [3.8, 4) is 28.4 Å². The number of nitrogens with zero attached hydrogens (tertiary/aromatic N) is 1. The van der Waals surface area contributed by atoms with Gasteiger partial charge < -0.3 is 0 Å². The lowest BCUT2D eigenvalue weighted by molar-refractivity contribution is 0.399. The zero-order chi connectivity index (χ0) is 26.5. The molecule has 0 saturated heterocycles. The molecule has 190 valence electrons. The lowest BCUT2D eigenvalue weighted by Crippen LogP contribution is -2.17. The quantitative estimate of drug-likeness (QED) is 0.106. The Hall–Kier alpha value is -3.22. The highest BCUT2D eigenvalue weighted by molar-refractivity contribution is 8.03. The molecule has 1 atom stereocenters. The molecular formula is C31H27F4NS. The number of benzene rings is 3. The number of thioether (sulfide) groups is 1. The minimum atomic E-state index is -0.810. The Balaban J connectivity index is 1.57. The Bertz CT molecular complexity index is 1400. The van der Waals surface area contributed by atoms with E-state index in [4.69, 9.17) is 5.26 Å². The Kier molecular flexibility index (Phi) is 8.62. The van der Waals surface area contributed by atoms with Gasteiger partial charge in [-0.2, -0.15) is 5.26 Å². The second-order valence-corrected chi connectivity index (χ2v) is 10.3. The highest BCUT2D eigenvalue weighted by Gasteiger charge is 2.24. The minimum absolute atomic E-state index is 0.223. The number of rotatable bonds is 6. The summed E-state index contributed by atoms with van der Waals surface area (Å²) in [6, 6.07) is 8.85. The van der Waals surface area contributed by atoms with E-state index in [9.17, 15) is 13.2 Å². The average molecular weight is 522 g/mol. The molecule has 4 rings (SSSR count). The van der Waals surface area contributed by atoms with E-state index in [0.29, 0.717) is 58.3 Å². The van der Waals surface area contributed by atoms with Crippen LogP contribution >= 0.6 is 11.8 Å². The molecule has 0 N–H and O–H groups in total. The van der Waals surface area contributed by atoms with Crippen molar-refractivity contribution in [1.29, 1.82) is 5.26 Å². The van der Waals surface area contributed by atoms with Crippen LogP contribution in [-0.4, -0.2) is 0 Å². The monoisotopic (exact) mass is 521 g/mol. The van der Waals surface area contributed by atoms with Gasteiger partial charge >= 0.3 is 0 Å². The van der Waals surface area contributed by atoms with Crippen molar-refractivity contribution in [2.45, 2.75) is 63.7 Å². The second kappa shape index (κ2) is 11.9. The lowest BCUT2D eigenvalue weighted by Gasteiger charge is -2.25. The van der Waals surface area contributed by atoms with E-state index in [0.717, 1.165) is 31.2 Å². The maximum atomic E-state index is 15.2. The standard InChI is InChI=1S/C31H27F4NS/c1-3-4-5-6-20-8-11-25-22(14-20)15-27(32)26(30(25)35)12-9-21-7-10-24(19(2)13-21)23-16-28(33)31(37-18-36)29(34)17-23/h7,10,13,15-17,20H,3-6,8,11,14H2,1-2H3. The highest BCUT2D eigenvalue weighted by Crippen LogP contribution is 2.34. The predicted octanol–water partition coefficient (Wildman–Crippen LogP) is 8.88. The lowest BCUT2D eigenvalue weighted by atomic mass is 9.80. The van der Waals surface area contributed by atoms with E-state index in [-0.39, 0.29) is 10.5 Å². The molecule has 6 heteroatoms. The molecule has 0 amide bonds. The average Bonchev–Trinajstić information content (AvgIpc) is 2.86. The summed E-state index contributed by atoms with van der Waals surface area (Å²) in [6.07, 6.45) is 6.79. The Morgan fingerprint density at radius 3 is 2.41 bits per heavy atom. The first-order valence-corrected chi connectivity index (χ1v) is 13.3. The van der Waals surface area contributed by atoms with E-state index in [1.165, 1.54) is 24.6 Å².